The van der Waals surface area contributed by atoms with Crippen LogP contribution in [-0.2, 0) is 11.3 Å². The molecule has 18 heavy (non-hydrogen) atoms. The van der Waals surface area contributed by atoms with E-state index in [1.54, 1.807) is 24.1 Å². The van der Waals surface area contributed by atoms with Gasteiger partial charge in [0.2, 0.25) is 5.91 Å². The van der Waals surface area contributed by atoms with Crippen LogP contribution in [0.4, 0.5) is 0 Å². The number of aromatic nitrogens is 1. The van der Waals surface area contributed by atoms with E-state index in [0.717, 1.165) is 12.2 Å². The van der Waals surface area contributed by atoms with Gasteiger partial charge in [0.15, 0.2) is 0 Å². The maximum atomic E-state index is 11.6. The molecule has 2 N–H and O–H groups in total. The summed E-state index contributed by atoms with van der Waals surface area (Å²) in [5.41, 5.74) is 6.19. The van der Waals surface area contributed by atoms with Crippen molar-refractivity contribution >= 4 is 11.8 Å². The molecule has 2 amide bonds. The van der Waals surface area contributed by atoms with Crippen LogP contribution >= 0.6 is 0 Å². The van der Waals surface area contributed by atoms with Gasteiger partial charge < -0.3 is 10.6 Å². The molecular weight excluding hydrogens is 232 g/mol. The highest BCUT2D eigenvalue weighted by Crippen LogP contribution is 2.07. The van der Waals surface area contributed by atoms with Crippen molar-refractivity contribution in [1.82, 2.24) is 14.8 Å². The monoisotopic (exact) mass is 248 g/mol. The van der Waals surface area contributed by atoms with Gasteiger partial charge in [-0.1, -0.05) is 6.07 Å². The normalized spacial score (nSPS) is 16.9. The lowest BCUT2D eigenvalue weighted by Gasteiger charge is -2.31. The molecule has 0 spiro atoms. The van der Waals surface area contributed by atoms with Crippen molar-refractivity contribution in [3.05, 3.63) is 29.6 Å². The topological polar surface area (TPSA) is 79.5 Å². The molecule has 0 unspecified atom stereocenters. The summed E-state index contributed by atoms with van der Waals surface area (Å²) in [5, 5.41) is 0. The molecule has 1 aromatic rings. The SMILES string of the molecule is CN1CCN(Cc2cccc(C(N)=O)n2)CC1=O. The zero-order chi connectivity index (χ0) is 13.1. The highest BCUT2D eigenvalue weighted by molar-refractivity contribution is 5.90. The van der Waals surface area contributed by atoms with Gasteiger partial charge in [-0.3, -0.25) is 14.5 Å². The minimum Gasteiger partial charge on any atom is -0.364 e. The molecule has 1 aliphatic rings. The van der Waals surface area contributed by atoms with Crippen molar-refractivity contribution in [3.8, 4) is 0 Å². The Labute approximate surface area is 105 Å². The van der Waals surface area contributed by atoms with Gasteiger partial charge in [0.25, 0.3) is 5.91 Å². The van der Waals surface area contributed by atoms with Crippen LogP contribution in [0.2, 0.25) is 0 Å². The summed E-state index contributed by atoms with van der Waals surface area (Å²) < 4.78 is 0. The average Bonchev–Trinajstić information content (AvgIpc) is 2.34. The molecule has 0 aromatic carbocycles. The molecular formula is C12H16N4O2. The standard InChI is InChI=1S/C12H16N4O2/c1-15-5-6-16(8-11(15)17)7-9-3-2-4-10(14-9)12(13)18/h2-4H,5-8H2,1H3,(H2,13,18). The number of piperazine rings is 1. The number of hydrogen-bond donors (Lipinski definition) is 1. The lowest BCUT2D eigenvalue weighted by atomic mass is 10.2. The van der Waals surface area contributed by atoms with E-state index < -0.39 is 5.91 Å². The van der Waals surface area contributed by atoms with E-state index in [1.165, 1.54) is 0 Å². The molecule has 0 aliphatic carbocycles. The van der Waals surface area contributed by atoms with E-state index in [0.29, 0.717) is 19.6 Å². The Morgan fingerprint density at radius 2 is 2.22 bits per heavy atom. The zero-order valence-electron chi connectivity index (χ0n) is 10.3. The number of nitrogens with zero attached hydrogens (tertiary/aromatic N) is 3. The summed E-state index contributed by atoms with van der Waals surface area (Å²) in [6.45, 7) is 2.47. The number of primary amides is 1. The lowest BCUT2D eigenvalue weighted by Crippen LogP contribution is -2.48. The van der Waals surface area contributed by atoms with Crippen LogP contribution in [0.15, 0.2) is 18.2 Å². The molecule has 1 aliphatic heterocycles. The van der Waals surface area contributed by atoms with Gasteiger partial charge in [-0.2, -0.15) is 0 Å². The van der Waals surface area contributed by atoms with Gasteiger partial charge in [-0.05, 0) is 12.1 Å². The number of likely N-dealkylation sites (N-methyl/N-ethyl adjacent to an activating group) is 1. The molecule has 0 saturated carbocycles. The van der Waals surface area contributed by atoms with Crippen molar-refractivity contribution in [1.29, 1.82) is 0 Å². The Bertz CT molecular complexity index is 475. The minimum atomic E-state index is -0.536. The number of amides is 2. The number of nitrogens with two attached hydrogens (primary N) is 1. The summed E-state index contributed by atoms with van der Waals surface area (Å²) in [4.78, 5) is 30.5. The van der Waals surface area contributed by atoms with E-state index >= 15 is 0 Å². The Kier molecular flexibility index (Phi) is 3.57. The van der Waals surface area contributed by atoms with E-state index in [9.17, 15) is 9.59 Å². The van der Waals surface area contributed by atoms with Gasteiger partial charge in [0, 0.05) is 26.7 Å². The Morgan fingerprint density at radius 3 is 2.89 bits per heavy atom. The van der Waals surface area contributed by atoms with Crippen molar-refractivity contribution < 1.29 is 9.59 Å². The van der Waals surface area contributed by atoms with Crippen molar-refractivity contribution in [2.24, 2.45) is 5.73 Å². The summed E-state index contributed by atoms with van der Waals surface area (Å²) in [6, 6.07) is 5.16. The van der Waals surface area contributed by atoms with Crippen LogP contribution in [-0.4, -0.2) is 53.3 Å². The van der Waals surface area contributed by atoms with Gasteiger partial charge >= 0.3 is 0 Å². The molecule has 1 aromatic heterocycles. The Morgan fingerprint density at radius 1 is 1.44 bits per heavy atom. The highest BCUT2D eigenvalue weighted by atomic mass is 16.2. The Balaban J connectivity index is 2.03. The maximum absolute atomic E-state index is 11.6. The third-order valence-corrected chi connectivity index (χ3v) is 2.98. The van der Waals surface area contributed by atoms with Crippen LogP contribution in [0.5, 0.6) is 0 Å². The van der Waals surface area contributed by atoms with Crippen LogP contribution in [0.25, 0.3) is 0 Å². The van der Waals surface area contributed by atoms with E-state index in [4.69, 9.17) is 5.73 Å². The number of pyridine rings is 1. The number of carbonyl (C=O) groups is 2. The van der Waals surface area contributed by atoms with Gasteiger partial charge in [-0.25, -0.2) is 4.98 Å². The van der Waals surface area contributed by atoms with Gasteiger partial charge in [0.1, 0.15) is 5.69 Å². The smallest absolute Gasteiger partial charge is 0.267 e. The predicted octanol–water partition coefficient (Wildman–Crippen LogP) is -0.545. The summed E-state index contributed by atoms with van der Waals surface area (Å²) >= 11 is 0. The third kappa shape index (κ3) is 2.84. The number of rotatable bonds is 3. The molecule has 2 heterocycles. The third-order valence-electron chi connectivity index (χ3n) is 2.98. The largest absolute Gasteiger partial charge is 0.364 e. The second kappa shape index (κ2) is 5.14. The molecule has 0 radical (unpaired) electrons. The van der Waals surface area contributed by atoms with Crippen LogP contribution in [0.3, 0.4) is 0 Å². The first-order chi connectivity index (χ1) is 8.56. The Hall–Kier alpha value is -1.95. The van der Waals surface area contributed by atoms with Gasteiger partial charge in [-0.15, -0.1) is 0 Å². The molecule has 0 atom stereocenters. The maximum Gasteiger partial charge on any atom is 0.267 e. The molecule has 1 fully saturated rings. The lowest BCUT2D eigenvalue weighted by molar-refractivity contribution is -0.134. The van der Waals surface area contributed by atoms with Crippen LogP contribution in [0.1, 0.15) is 16.2 Å². The first-order valence-corrected chi connectivity index (χ1v) is 5.78. The molecule has 1 saturated heterocycles. The second-order valence-corrected chi connectivity index (χ2v) is 4.40. The van der Waals surface area contributed by atoms with Crippen LogP contribution in [0, 0.1) is 0 Å². The van der Waals surface area contributed by atoms with Crippen molar-refractivity contribution in [2.45, 2.75) is 6.54 Å². The number of hydrogen-bond acceptors (Lipinski definition) is 4. The summed E-state index contributed by atoms with van der Waals surface area (Å²) in [7, 11) is 1.80. The summed E-state index contributed by atoms with van der Waals surface area (Å²) in [6.07, 6.45) is 0. The molecule has 6 nitrogen and oxygen atoms in total. The molecule has 96 valence electrons. The number of carbonyl (C=O) groups excluding carboxylic acids is 2. The average molecular weight is 248 g/mol. The fraction of sp³-hybridized carbons (Fsp3) is 0.417. The highest BCUT2D eigenvalue weighted by Gasteiger charge is 2.21. The van der Waals surface area contributed by atoms with Crippen molar-refractivity contribution in [2.75, 3.05) is 26.7 Å². The van der Waals surface area contributed by atoms with E-state index in [-0.39, 0.29) is 11.6 Å². The fourth-order valence-electron chi connectivity index (χ4n) is 1.88. The fourth-order valence-corrected chi connectivity index (χ4v) is 1.88. The minimum absolute atomic E-state index is 0.104. The van der Waals surface area contributed by atoms with E-state index in [1.807, 2.05) is 11.0 Å². The first-order valence-electron chi connectivity index (χ1n) is 5.78. The molecule has 6 heteroatoms. The summed E-state index contributed by atoms with van der Waals surface area (Å²) in [5.74, 6) is -0.432. The zero-order valence-corrected chi connectivity index (χ0v) is 10.3. The van der Waals surface area contributed by atoms with E-state index in [2.05, 4.69) is 4.98 Å². The quantitative estimate of drug-likeness (QED) is 0.778. The molecule has 2 rings (SSSR count). The first kappa shape index (κ1) is 12.5. The van der Waals surface area contributed by atoms with Crippen molar-refractivity contribution in [3.63, 3.8) is 0 Å². The van der Waals surface area contributed by atoms with Crippen LogP contribution < -0.4 is 5.73 Å². The van der Waals surface area contributed by atoms with Gasteiger partial charge in [0.05, 0.1) is 12.2 Å². The molecule has 0 bridgehead atoms. The second-order valence-electron chi connectivity index (χ2n) is 4.40. The predicted molar refractivity (Wildman–Crippen MR) is 65.7 cm³/mol.